The van der Waals surface area contributed by atoms with Gasteiger partial charge in [-0.05, 0) is 88.4 Å². The van der Waals surface area contributed by atoms with Crippen molar-refractivity contribution in [1.29, 1.82) is 0 Å². The maximum Gasteiger partial charge on any atom is 0.321 e. The van der Waals surface area contributed by atoms with Crippen molar-refractivity contribution in [1.82, 2.24) is 4.90 Å². The summed E-state index contributed by atoms with van der Waals surface area (Å²) in [6, 6.07) is 17.4. The number of carbonyl (C=O) groups excluding carboxylic acids is 2. The lowest BCUT2D eigenvalue weighted by Gasteiger charge is -2.25. The van der Waals surface area contributed by atoms with Crippen molar-refractivity contribution in [3.63, 3.8) is 0 Å². The standard InChI is InChI=1S/C34H41FN2O6/c1-22(2)20-34(40)15-16-37(21-34)32(39)36-26-17-29(19-30(18-26)43-28-13-9-25(35)10-14-28)42-27-11-7-24(8-12-27)33(5,6)31(38)41-23(3)4/h7-14,17-19,22-23,40H,15-16,20-21H2,1-6H3,(H,36,39). The van der Waals surface area contributed by atoms with Crippen LogP contribution in [-0.4, -0.2) is 46.8 Å². The Labute approximate surface area is 252 Å². The van der Waals surface area contributed by atoms with Crippen LogP contribution < -0.4 is 14.8 Å². The summed E-state index contributed by atoms with van der Waals surface area (Å²) in [5.74, 6) is 1.28. The summed E-state index contributed by atoms with van der Waals surface area (Å²) < 4.78 is 30.9. The van der Waals surface area contributed by atoms with Gasteiger partial charge in [0.1, 0.15) is 28.8 Å². The summed E-state index contributed by atoms with van der Waals surface area (Å²) in [4.78, 5) is 27.4. The van der Waals surface area contributed by atoms with Gasteiger partial charge in [0.2, 0.25) is 0 Å². The quantitative estimate of drug-likeness (QED) is 0.235. The number of ether oxygens (including phenoxy) is 3. The van der Waals surface area contributed by atoms with E-state index in [-0.39, 0.29) is 30.5 Å². The molecule has 9 heteroatoms. The van der Waals surface area contributed by atoms with Crippen LogP contribution in [0.15, 0.2) is 66.7 Å². The van der Waals surface area contributed by atoms with Crippen molar-refractivity contribution in [3.05, 3.63) is 78.1 Å². The summed E-state index contributed by atoms with van der Waals surface area (Å²) in [6.07, 6.45) is 0.915. The molecule has 0 bridgehead atoms. The van der Waals surface area contributed by atoms with E-state index in [0.717, 1.165) is 5.56 Å². The van der Waals surface area contributed by atoms with Gasteiger partial charge in [-0.25, -0.2) is 9.18 Å². The maximum absolute atomic E-state index is 13.4. The molecule has 1 saturated heterocycles. The van der Waals surface area contributed by atoms with Crippen molar-refractivity contribution in [2.24, 2.45) is 5.92 Å². The fraction of sp³-hybridized carbons (Fsp3) is 0.412. The SMILES string of the molecule is CC(C)CC1(O)CCN(C(=O)Nc2cc(Oc3ccc(F)cc3)cc(Oc3ccc(C(C)(C)C(=O)OC(C)C)cc3)c2)C1. The van der Waals surface area contributed by atoms with E-state index in [4.69, 9.17) is 14.2 Å². The number of halogens is 1. The summed E-state index contributed by atoms with van der Waals surface area (Å²) >= 11 is 0. The number of β-amino-alcohol motifs (C(OH)–C–C–N with tert-alkyl or cyclic N) is 1. The number of esters is 1. The van der Waals surface area contributed by atoms with E-state index in [1.807, 2.05) is 53.7 Å². The van der Waals surface area contributed by atoms with Crippen LogP contribution in [0.25, 0.3) is 0 Å². The first kappa shape index (κ1) is 31.8. The molecule has 1 unspecified atom stereocenters. The first-order chi connectivity index (χ1) is 20.2. The molecule has 1 aliphatic heterocycles. The Balaban J connectivity index is 1.55. The van der Waals surface area contributed by atoms with Crippen LogP contribution in [0.2, 0.25) is 0 Å². The number of benzene rings is 3. The number of amides is 2. The summed E-state index contributed by atoms with van der Waals surface area (Å²) in [5.41, 5.74) is -0.553. The molecule has 0 radical (unpaired) electrons. The van der Waals surface area contributed by atoms with E-state index in [9.17, 15) is 19.1 Å². The Kier molecular flexibility index (Phi) is 9.65. The van der Waals surface area contributed by atoms with Gasteiger partial charge in [-0.1, -0.05) is 26.0 Å². The highest BCUT2D eigenvalue weighted by atomic mass is 19.1. The monoisotopic (exact) mass is 592 g/mol. The van der Waals surface area contributed by atoms with Gasteiger partial charge >= 0.3 is 12.0 Å². The highest BCUT2D eigenvalue weighted by Crippen LogP contribution is 2.35. The van der Waals surface area contributed by atoms with Gasteiger partial charge in [-0.15, -0.1) is 0 Å². The number of rotatable bonds is 10. The van der Waals surface area contributed by atoms with Gasteiger partial charge in [-0.3, -0.25) is 4.79 Å². The Hall–Kier alpha value is -4.11. The van der Waals surface area contributed by atoms with Gasteiger partial charge in [0.15, 0.2) is 0 Å². The smallest absolute Gasteiger partial charge is 0.321 e. The van der Waals surface area contributed by atoms with Crippen LogP contribution in [0.5, 0.6) is 23.0 Å². The Morgan fingerprint density at radius 1 is 0.930 bits per heavy atom. The molecule has 4 rings (SSSR count). The number of anilines is 1. The molecule has 43 heavy (non-hydrogen) atoms. The number of nitrogens with one attached hydrogen (secondary N) is 1. The van der Waals surface area contributed by atoms with E-state index in [2.05, 4.69) is 5.32 Å². The molecule has 1 atom stereocenters. The third-order valence-electron chi connectivity index (χ3n) is 7.25. The lowest BCUT2D eigenvalue weighted by Crippen LogP contribution is -2.38. The van der Waals surface area contributed by atoms with Crippen LogP contribution in [-0.2, 0) is 14.9 Å². The number of urea groups is 1. The number of aliphatic hydroxyl groups is 1. The predicted octanol–water partition coefficient (Wildman–Crippen LogP) is 7.65. The fourth-order valence-corrected chi connectivity index (χ4v) is 5.11. The molecule has 1 heterocycles. The predicted molar refractivity (Wildman–Crippen MR) is 163 cm³/mol. The van der Waals surface area contributed by atoms with Gasteiger partial charge in [0.25, 0.3) is 0 Å². The zero-order valence-corrected chi connectivity index (χ0v) is 25.6. The molecule has 0 aliphatic carbocycles. The molecule has 230 valence electrons. The van der Waals surface area contributed by atoms with Crippen LogP contribution in [0.3, 0.4) is 0 Å². The van der Waals surface area contributed by atoms with Crippen LogP contribution in [0.4, 0.5) is 14.9 Å². The Bertz CT molecular complexity index is 1420. The number of likely N-dealkylation sites (tertiary alicyclic amines) is 1. The maximum atomic E-state index is 13.4. The van der Waals surface area contributed by atoms with Crippen molar-refractivity contribution in [2.45, 2.75) is 71.5 Å². The minimum atomic E-state index is -0.903. The van der Waals surface area contributed by atoms with E-state index in [0.29, 0.717) is 54.0 Å². The van der Waals surface area contributed by atoms with E-state index in [1.165, 1.54) is 24.3 Å². The number of hydrogen-bond donors (Lipinski definition) is 2. The number of carbonyl (C=O) groups is 2. The highest BCUT2D eigenvalue weighted by Gasteiger charge is 2.38. The summed E-state index contributed by atoms with van der Waals surface area (Å²) in [6.45, 7) is 12.0. The van der Waals surface area contributed by atoms with Gasteiger partial charge < -0.3 is 29.5 Å². The third kappa shape index (κ3) is 8.47. The third-order valence-corrected chi connectivity index (χ3v) is 7.25. The molecule has 0 aromatic heterocycles. The molecular formula is C34H41FN2O6. The highest BCUT2D eigenvalue weighted by molar-refractivity contribution is 5.90. The molecule has 8 nitrogen and oxygen atoms in total. The Morgan fingerprint density at radius 3 is 2.02 bits per heavy atom. The van der Waals surface area contributed by atoms with E-state index >= 15 is 0 Å². The van der Waals surface area contributed by atoms with Crippen LogP contribution in [0, 0.1) is 11.7 Å². The fourth-order valence-electron chi connectivity index (χ4n) is 5.11. The first-order valence-corrected chi connectivity index (χ1v) is 14.6. The molecule has 3 aromatic rings. The molecule has 2 amide bonds. The molecule has 0 saturated carbocycles. The van der Waals surface area contributed by atoms with Gasteiger partial charge in [0.05, 0.1) is 23.7 Å². The van der Waals surface area contributed by atoms with Crippen LogP contribution >= 0.6 is 0 Å². The lowest BCUT2D eigenvalue weighted by molar-refractivity contribution is -0.153. The molecule has 2 N–H and O–H groups in total. The largest absolute Gasteiger partial charge is 0.462 e. The summed E-state index contributed by atoms with van der Waals surface area (Å²) in [7, 11) is 0. The molecular weight excluding hydrogens is 551 g/mol. The molecule has 3 aromatic carbocycles. The van der Waals surface area contributed by atoms with Crippen LogP contribution in [0.1, 0.15) is 59.9 Å². The second-order valence-electron chi connectivity index (χ2n) is 12.4. The van der Waals surface area contributed by atoms with E-state index in [1.54, 1.807) is 35.2 Å². The molecule has 1 fully saturated rings. The average Bonchev–Trinajstić information content (AvgIpc) is 3.30. The summed E-state index contributed by atoms with van der Waals surface area (Å²) in [5, 5.41) is 13.8. The normalized spacial score (nSPS) is 16.8. The number of nitrogens with zero attached hydrogens (tertiary/aromatic N) is 1. The van der Waals surface area contributed by atoms with E-state index < -0.39 is 11.0 Å². The molecule has 1 aliphatic rings. The first-order valence-electron chi connectivity index (χ1n) is 14.6. The van der Waals surface area contributed by atoms with Crippen molar-refractivity contribution >= 4 is 17.7 Å². The van der Waals surface area contributed by atoms with Gasteiger partial charge in [0, 0.05) is 30.4 Å². The van der Waals surface area contributed by atoms with Crippen molar-refractivity contribution < 1.29 is 33.3 Å². The topological polar surface area (TPSA) is 97.3 Å². The average molecular weight is 593 g/mol. The number of hydrogen-bond acceptors (Lipinski definition) is 6. The van der Waals surface area contributed by atoms with Gasteiger partial charge in [-0.2, -0.15) is 0 Å². The Morgan fingerprint density at radius 2 is 1.49 bits per heavy atom. The van der Waals surface area contributed by atoms with Crippen molar-refractivity contribution in [3.8, 4) is 23.0 Å². The minimum absolute atomic E-state index is 0.217. The lowest BCUT2D eigenvalue weighted by atomic mass is 9.85. The minimum Gasteiger partial charge on any atom is -0.462 e. The molecule has 0 spiro atoms. The zero-order valence-electron chi connectivity index (χ0n) is 25.6. The zero-order chi connectivity index (χ0) is 31.4. The second kappa shape index (κ2) is 13.0. The second-order valence-corrected chi connectivity index (χ2v) is 12.4. The van der Waals surface area contributed by atoms with Crippen molar-refractivity contribution in [2.75, 3.05) is 18.4 Å².